The second kappa shape index (κ2) is 42.0. The van der Waals surface area contributed by atoms with Crippen LogP contribution in [-0.2, 0) is 0 Å². The number of nitrogens with one attached hydrogen (secondary N) is 1. The third-order valence-electron chi connectivity index (χ3n) is 3.01. The first-order valence-corrected chi connectivity index (χ1v) is 8.62. The average Bonchev–Trinajstić information content (AvgIpc) is 2.47. The lowest BCUT2D eigenvalue weighted by molar-refractivity contribution is 0.133. The third kappa shape index (κ3) is 65.6. The number of aliphatic hydroxyl groups excluding tert-OH is 3. The third-order valence-corrected chi connectivity index (χ3v) is 3.01. The molecule has 0 fully saturated rings. The minimum atomic E-state index is -0.162. The van der Waals surface area contributed by atoms with Gasteiger partial charge in [0.2, 0.25) is 0 Å². The summed E-state index contributed by atoms with van der Waals surface area (Å²) in [5.74, 6) is 0. The zero-order valence-corrected chi connectivity index (χ0v) is 16.7. The molecule has 0 aromatic carbocycles. The van der Waals surface area contributed by atoms with Gasteiger partial charge in [0.1, 0.15) is 0 Å². The number of hydrogen-bond donors (Lipinski definition) is 4. The number of aliphatic hydroxyl groups is 3. The first kappa shape index (κ1) is 56.8. The van der Waals surface area contributed by atoms with Crippen LogP contribution in [0.4, 0.5) is 0 Å². The summed E-state index contributed by atoms with van der Waals surface area (Å²) >= 11 is 0. The Bertz CT molecular complexity index is 204. The molecule has 0 saturated heterocycles. The van der Waals surface area contributed by atoms with E-state index in [0.717, 1.165) is 32.4 Å². The molecule has 0 aliphatic rings. The van der Waals surface area contributed by atoms with Gasteiger partial charge in [0.25, 0.3) is 0 Å². The molecular formula is C23H67N3O3. The van der Waals surface area contributed by atoms with Crippen molar-refractivity contribution in [2.24, 2.45) is 0 Å². The zero-order valence-electron chi connectivity index (χ0n) is 16.7. The normalized spacial score (nSPS) is 11.5. The van der Waals surface area contributed by atoms with Crippen molar-refractivity contribution in [3.63, 3.8) is 0 Å². The van der Waals surface area contributed by atoms with Gasteiger partial charge >= 0.3 is 0 Å². The molecule has 0 bridgehead atoms. The molecular weight excluding hydrogens is 366 g/mol. The Balaban J connectivity index is -0.0000000268. The van der Waals surface area contributed by atoms with E-state index in [1.807, 2.05) is 65.8 Å². The lowest BCUT2D eigenvalue weighted by Gasteiger charge is -2.13. The molecule has 0 saturated carbocycles. The van der Waals surface area contributed by atoms with Gasteiger partial charge in [-0.3, -0.25) is 0 Å². The van der Waals surface area contributed by atoms with Crippen molar-refractivity contribution in [3.8, 4) is 0 Å². The highest BCUT2D eigenvalue weighted by Gasteiger charge is 2.00. The number of likely N-dealkylation sites (N-methyl/N-ethyl adjacent to an activating group) is 3. The topological polar surface area (TPSA) is 79.2 Å². The Morgan fingerprint density at radius 3 is 0.897 bits per heavy atom. The minimum absolute atomic E-state index is 0. The lowest BCUT2D eigenvalue weighted by atomic mass is 10.3. The lowest BCUT2D eigenvalue weighted by Crippen LogP contribution is -2.24. The predicted molar refractivity (Wildman–Crippen MR) is 140 cm³/mol. The van der Waals surface area contributed by atoms with Crippen molar-refractivity contribution in [3.05, 3.63) is 0 Å². The Hall–Kier alpha value is -0.240. The SMILES string of the molecule is C.C.C.C.C.C.CCC(O)CN(C)C.CCC(O)CN(C)C.CCC(O)CNC. The van der Waals surface area contributed by atoms with Crippen LogP contribution >= 0.6 is 0 Å². The molecule has 0 aromatic heterocycles. The van der Waals surface area contributed by atoms with Crippen LogP contribution in [0.5, 0.6) is 0 Å². The van der Waals surface area contributed by atoms with Crippen molar-refractivity contribution in [1.82, 2.24) is 15.1 Å². The molecule has 0 spiro atoms. The van der Waals surface area contributed by atoms with Crippen LogP contribution in [0.1, 0.15) is 84.6 Å². The largest absolute Gasteiger partial charge is 0.392 e. The maximum absolute atomic E-state index is 8.99. The van der Waals surface area contributed by atoms with Gasteiger partial charge in [-0.05, 0) is 54.5 Å². The van der Waals surface area contributed by atoms with E-state index in [2.05, 4.69) is 5.32 Å². The van der Waals surface area contributed by atoms with Crippen LogP contribution in [0.3, 0.4) is 0 Å². The first-order valence-electron chi connectivity index (χ1n) is 8.62. The molecule has 0 heterocycles. The zero-order chi connectivity index (χ0) is 18.8. The van der Waals surface area contributed by atoms with Crippen LogP contribution in [0.2, 0.25) is 0 Å². The summed E-state index contributed by atoms with van der Waals surface area (Å²) in [6.45, 7) is 8.17. The van der Waals surface area contributed by atoms with Crippen LogP contribution in [0.15, 0.2) is 0 Å². The molecule has 0 aliphatic carbocycles. The standard InChI is InChI=1S/2C6H15NO.C5H13NO.6CH4/c2*1-4-6(8)5-7(2)3;1-3-5(7)4-6-2;;;;;;/h2*6,8H,4-5H2,1-3H3;5-7H,3-4H2,1-2H3;6*1H4. The van der Waals surface area contributed by atoms with E-state index in [4.69, 9.17) is 15.3 Å². The van der Waals surface area contributed by atoms with E-state index < -0.39 is 0 Å². The Kier molecular flexibility index (Phi) is 82.2. The Labute approximate surface area is 188 Å². The average molecular weight is 434 g/mol. The second-order valence-electron chi connectivity index (χ2n) is 6.27. The maximum atomic E-state index is 8.99. The minimum Gasteiger partial charge on any atom is -0.392 e. The predicted octanol–water partition coefficient (Wildman–Crippen LogP) is 4.43. The summed E-state index contributed by atoms with van der Waals surface area (Å²) in [4.78, 5) is 3.96. The molecule has 6 heteroatoms. The Morgan fingerprint density at radius 1 is 0.586 bits per heavy atom. The molecule has 192 valence electrons. The fourth-order valence-electron chi connectivity index (χ4n) is 1.48. The van der Waals surface area contributed by atoms with E-state index in [-0.39, 0.29) is 62.9 Å². The highest BCUT2D eigenvalue weighted by atomic mass is 16.3. The van der Waals surface area contributed by atoms with Gasteiger partial charge < -0.3 is 30.4 Å². The fraction of sp³-hybridized carbons (Fsp3) is 1.00. The summed E-state index contributed by atoms with van der Waals surface area (Å²) in [7, 11) is 9.66. The molecule has 6 nitrogen and oxygen atoms in total. The van der Waals surface area contributed by atoms with E-state index >= 15 is 0 Å². The maximum Gasteiger partial charge on any atom is 0.0664 e. The van der Waals surface area contributed by atoms with Gasteiger partial charge in [0, 0.05) is 19.6 Å². The summed E-state index contributed by atoms with van der Waals surface area (Å²) in [5.41, 5.74) is 0. The first-order chi connectivity index (χ1) is 10.6. The molecule has 0 aliphatic heterocycles. The van der Waals surface area contributed by atoms with Gasteiger partial charge in [-0.1, -0.05) is 65.3 Å². The molecule has 3 unspecified atom stereocenters. The second-order valence-corrected chi connectivity index (χ2v) is 6.27. The van der Waals surface area contributed by atoms with E-state index in [1.54, 1.807) is 0 Å². The smallest absolute Gasteiger partial charge is 0.0664 e. The molecule has 0 radical (unpaired) electrons. The van der Waals surface area contributed by atoms with Gasteiger partial charge in [0.05, 0.1) is 18.3 Å². The number of hydrogen-bond acceptors (Lipinski definition) is 6. The van der Waals surface area contributed by atoms with Crippen molar-refractivity contribution < 1.29 is 15.3 Å². The van der Waals surface area contributed by atoms with Crippen LogP contribution in [0, 0.1) is 0 Å². The molecule has 0 aromatic rings. The highest BCUT2D eigenvalue weighted by molar-refractivity contribution is 4.54. The highest BCUT2D eigenvalue weighted by Crippen LogP contribution is 1.90. The summed E-state index contributed by atoms with van der Waals surface area (Å²) < 4.78 is 0. The fourth-order valence-corrected chi connectivity index (χ4v) is 1.48. The van der Waals surface area contributed by atoms with E-state index in [9.17, 15) is 0 Å². The van der Waals surface area contributed by atoms with Crippen LogP contribution < -0.4 is 5.32 Å². The molecule has 4 N–H and O–H groups in total. The van der Waals surface area contributed by atoms with E-state index in [1.165, 1.54) is 0 Å². The van der Waals surface area contributed by atoms with Crippen molar-refractivity contribution in [2.75, 3.05) is 54.9 Å². The number of rotatable bonds is 9. The van der Waals surface area contributed by atoms with Gasteiger partial charge in [-0.15, -0.1) is 0 Å². The van der Waals surface area contributed by atoms with E-state index in [0.29, 0.717) is 6.54 Å². The van der Waals surface area contributed by atoms with Crippen LogP contribution in [-0.4, -0.2) is 98.3 Å². The van der Waals surface area contributed by atoms with Gasteiger partial charge in [0.15, 0.2) is 0 Å². The molecule has 0 amide bonds. The van der Waals surface area contributed by atoms with Crippen LogP contribution in [0.25, 0.3) is 0 Å². The molecule has 0 rings (SSSR count). The summed E-state index contributed by atoms with van der Waals surface area (Å²) in [6.07, 6.45) is 2.07. The number of nitrogens with zero attached hydrogens (tertiary/aromatic N) is 2. The molecule has 29 heavy (non-hydrogen) atoms. The van der Waals surface area contributed by atoms with Crippen molar-refractivity contribution in [1.29, 1.82) is 0 Å². The van der Waals surface area contributed by atoms with Crippen molar-refractivity contribution >= 4 is 0 Å². The summed E-state index contributed by atoms with van der Waals surface area (Å²) in [5, 5.41) is 29.6. The summed E-state index contributed by atoms with van der Waals surface area (Å²) in [6, 6.07) is 0. The monoisotopic (exact) mass is 434 g/mol. The van der Waals surface area contributed by atoms with Gasteiger partial charge in [-0.2, -0.15) is 0 Å². The van der Waals surface area contributed by atoms with Gasteiger partial charge in [-0.25, -0.2) is 0 Å². The molecule has 3 atom stereocenters. The Morgan fingerprint density at radius 2 is 0.828 bits per heavy atom. The quantitative estimate of drug-likeness (QED) is 0.431. The van der Waals surface area contributed by atoms with Crippen molar-refractivity contribution in [2.45, 2.75) is 103 Å².